The maximum absolute atomic E-state index is 2.42. The van der Waals surface area contributed by atoms with Crippen molar-refractivity contribution in [2.75, 3.05) is 0 Å². The molecular weight excluding hydrogens is 502 g/mol. The van der Waals surface area contributed by atoms with Gasteiger partial charge in [-0.2, -0.15) is 0 Å². The van der Waals surface area contributed by atoms with Crippen LogP contribution in [-0.4, -0.2) is 0 Å². The summed E-state index contributed by atoms with van der Waals surface area (Å²) in [5.41, 5.74) is 0. The maximum atomic E-state index is 2.42. The fourth-order valence-electron chi connectivity index (χ4n) is 0. The molecule has 0 rings (SSSR count). The second kappa shape index (κ2) is 15.9. The average Bonchev–Trinajstić information content (AvgIpc) is 0.918. The Morgan fingerprint density at radius 1 is 1.60 bits per heavy atom. The molecule has 0 amide bonds. The van der Waals surface area contributed by atoms with E-state index in [9.17, 15) is 0 Å². The largest absolute Gasteiger partial charge is 0 e. The van der Waals surface area contributed by atoms with E-state index in [2.05, 4.69) is 15.7 Å². The summed E-state index contributed by atoms with van der Waals surface area (Å²) in [5.74, 6) is 0. The Balaban J connectivity index is -0.0000000200. The summed E-state index contributed by atoms with van der Waals surface area (Å²) in [5, 5.41) is 0. The van der Waals surface area contributed by atoms with Crippen molar-refractivity contribution >= 4 is 6.61 Å². The summed E-state index contributed by atoms with van der Waals surface area (Å²) in [6.07, 6.45) is 0. The van der Waals surface area contributed by atoms with Crippen LogP contribution in [0.3, 0.4) is 0 Å². The van der Waals surface area contributed by atoms with Gasteiger partial charge in [0.1, 0.15) is 0 Å². The molecule has 0 heterocycles. The van der Waals surface area contributed by atoms with Gasteiger partial charge in [-0.3, -0.25) is 0 Å². The summed E-state index contributed by atoms with van der Waals surface area (Å²) in [6, 6.07) is 0. The van der Waals surface area contributed by atoms with Gasteiger partial charge in [0, 0.05) is 39.6 Å². The van der Waals surface area contributed by atoms with E-state index in [-0.39, 0.29) is 39.6 Å². The van der Waals surface area contributed by atoms with Crippen LogP contribution in [0.1, 0.15) is 0 Å². The van der Waals surface area contributed by atoms with E-state index in [0.29, 0.717) is 0 Å². The molecule has 0 atom stereocenters. The van der Waals surface area contributed by atoms with E-state index < -0.39 is 0 Å². The topological polar surface area (TPSA) is 0 Å². The molecule has 0 N–H and O–H groups in total. The van der Waals surface area contributed by atoms with Crippen LogP contribution in [0.2, 0.25) is 0 Å². The number of rotatable bonds is 0. The molecule has 28 valence electrons. The van der Waals surface area contributed by atoms with Gasteiger partial charge in [0.25, 0.3) is 0 Å². The van der Waals surface area contributed by atoms with Crippen LogP contribution < -0.4 is 0 Å². The van der Waals surface area contributed by atoms with E-state index in [1.807, 2.05) is 0 Å². The van der Waals surface area contributed by atoms with E-state index in [1.54, 1.807) is 24.6 Å². The fourth-order valence-corrected chi connectivity index (χ4v) is 0. The summed E-state index contributed by atoms with van der Waals surface area (Å²) in [6.45, 7) is 1.77. The SMILES string of the molecule is [V].[V]=[S]=[W].[W]. The molecule has 0 saturated carbocycles. The first-order valence-electron chi connectivity index (χ1n) is 0.349. The third-order valence-electron chi connectivity index (χ3n) is 0. The van der Waals surface area contributed by atoms with Crippen LogP contribution in [-0.2, 0) is 73.3 Å². The van der Waals surface area contributed by atoms with E-state index in [0.717, 1.165) is 0 Å². The molecule has 0 spiro atoms. The standard InChI is InChI=1S/S.2V.2W. The summed E-state index contributed by atoms with van der Waals surface area (Å²) >= 11 is 3.98. The van der Waals surface area contributed by atoms with Gasteiger partial charge in [0.15, 0.2) is 0 Å². The van der Waals surface area contributed by atoms with Gasteiger partial charge in [0.2, 0.25) is 0 Å². The number of hydrogen-bond acceptors (Lipinski definition) is 0. The van der Waals surface area contributed by atoms with Crippen molar-refractivity contribution in [3.63, 3.8) is 0 Å². The summed E-state index contributed by atoms with van der Waals surface area (Å²) in [4.78, 5) is 0. The normalized spacial score (nSPS) is 2.20. The molecule has 0 unspecified atom stereocenters. The van der Waals surface area contributed by atoms with Crippen LogP contribution in [0.15, 0.2) is 0 Å². The Morgan fingerprint density at radius 2 is 1.60 bits per heavy atom. The molecule has 0 aromatic carbocycles. The third-order valence-corrected chi connectivity index (χ3v) is 0. The fraction of sp³-hybridized carbons (Fsp3) is 0. The molecule has 0 aromatic rings. The van der Waals surface area contributed by atoms with Crippen molar-refractivity contribution in [3.05, 3.63) is 0 Å². The molecule has 0 bridgehead atoms. The van der Waals surface area contributed by atoms with Crippen LogP contribution in [0.4, 0.5) is 0 Å². The summed E-state index contributed by atoms with van der Waals surface area (Å²) < 4.78 is 0. The van der Waals surface area contributed by atoms with Crippen molar-refractivity contribution in [2.24, 2.45) is 0 Å². The minimum Gasteiger partial charge on any atom is 0 e. The van der Waals surface area contributed by atoms with Crippen LogP contribution >= 0.6 is 6.61 Å². The van der Waals surface area contributed by atoms with Gasteiger partial charge in [-0.05, 0) is 0 Å². The van der Waals surface area contributed by atoms with Crippen LogP contribution in [0, 0.1) is 0 Å². The zero-order valence-corrected chi connectivity index (χ0v) is 11.6. The van der Waals surface area contributed by atoms with Gasteiger partial charge < -0.3 is 0 Å². The quantitative estimate of drug-likeness (QED) is 0.457. The summed E-state index contributed by atoms with van der Waals surface area (Å²) in [7, 11) is 0. The molecule has 0 aromatic heterocycles. The second-order valence-corrected chi connectivity index (χ2v) is 7.55. The van der Waals surface area contributed by atoms with Gasteiger partial charge in [-0.15, -0.1) is 0 Å². The van der Waals surface area contributed by atoms with Crippen LogP contribution in [0.25, 0.3) is 0 Å². The molecule has 5 heavy (non-hydrogen) atoms. The molecule has 1 radical (unpaired) electrons. The first-order valence-corrected chi connectivity index (χ1v) is 6.35. The zero-order chi connectivity index (χ0) is 2.71. The van der Waals surface area contributed by atoms with Crippen molar-refractivity contribution in [2.45, 2.75) is 0 Å². The number of hydrogen-bond donors (Lipinski definition) is 0. The smallest absolute Gasteiger partial charge is 0 e. The first kappa shape index (κ1) is 15.7. The van der Waals surface area contributed by atoms with E-state index >= 15 is 0 Å². The minimum atomic E-state index is 0. The van der Waals surface area contributed by atoms with Crippen LogP contribution in [0.5, 0.6) is 0 Å². The maximum Gasteiger partial charge on any atom is 0 e. The molecule has 0 saturated heterocycles. The Hall–Kier alpha value is 2.77. The molecule has 0 fully saturated rings. The molecule has 0 aliphatic rings. The van der Waals surface area contributed by atoms with Gasteiger partial charge >= 0.3 is 40.3 Å². The van der Waals surface area contributed by atoms with Crippen molar-refractivity contribution in [1.29, 1.82) is 0 Å². The van der Waals surface area contributed by atoms with Crippen molar-refractivity contribution in [3.8, 4) is 0 Å². The Labute approximate surface area is 78.6 Å². The Morgan fingerprint density at radius 3 is 1.60 bits per heavy atom. The average molecular weight is 502 g/mol. The second-order valence-electron chi connectivity index (χ2n) is 0.0745. The van der Waals surface area contributed by atoms with Crippen molar-refractivity contribution in [1.82, 2.24) is 0 Å². The third kappa shape index (κ3) is 20.1. The molecule has 5 heteroatoms. The predicted molar refractivity (Wildman–Crippen MR) is 7.59 cm³/mol. The van der Waals surface area contributed by atoms with E-state index in [4.69, 9.17) is 0 Å². The molecule has 0 aliphatic heterocycles. The van der Waals surface area contributed by atoms with Gasteiger partial charge in [0.05, 0.1) is 0 Å². The monoisotopic (exact) mass is 502 g/mol. The van der Waals surface area contributed by atoms with Gasteiger partial charge in [-0.25, -0.2) is 0 Å². The van der Waals surface area contributed by atoms with E-state index in [1.165, 1.54) is 0 Å². The molecular formula is SV2W2. The minimum absolute atomic E-state index is 0. The zero-order valence-electron chi connectivity index (χ0n) is 2.12. The first-order chi connectivity index (χ1) is 1.41. The Kier molecular flexibility index (Phi) is 49.6. The van der Waals surface area contributed by atoms with Crippen molar-refractivity contribution < 1.29 is 73.3 Å². The molecule has 0 aliphatic carbocycles. The van der Waals surface area contributed by atoms with Gasteiger partial charge in [-0.1, -0.05) is 0 Å². The Bertz CT molecular complexity index is 28.6. The molecule has 0 nitrogen and oxygen atoms in total. The predicted octanol–water partition coefficient (Wildman–Crippen LogP) is 0.638.